The van der Waals surface area contributed by atoms with Crippen LogP contribution in [0.3, 0.4) is 0 Å². The number of benzene rings is 2. The molecule has 0 heterocycles. The minimum atomic E-state index is -0.212. The summed E-state index contributed by atoms with van der Waals surface area (Å²) in [6.07, 6.45) is 1.65. The molecule has 2 aromatic carbocycles. The van der Waals surface area contributed by atoms with Gasteiger partial charge in [0.1, 0.15) is 6.54 Å². The minimum Gasteiger partial charge on any atom is -0.493 e. The second-order valence-electron chi connectivity index (χ2n) is 6.77. The number of carbonyl (C=O) groups excluding carboxylic acids is 2. The summed E-state index contributed by atoms with van der Waals surface area (Å²) in [4.78, 5) is 26.4. The third-order valence-electron chi connectivity index (χ3n) is 4.86. The monoisotopic (exact) mass is 398 g/mol. The van der Waals surface area contributed by atoms with E-state index in [2.05, 4.69) is 19.2 Å². The highest BCUT2D eigenvalue weighted by molar-refractivity contribution is 5.95. The Kier molecular flexibility index (Phi) is 8.07. The second kappa shape index (κ2) is 10.5. The topological polar surface area (TPSA) is 67.9 Å². The van der Waals surface area contributed by atoms with E-state index in [9.17, 15) is 9.59 Å². The fraction of sp³-hybridized carbons (Fsp3) is 0.391. The first kappa shape index (κ1) is 22.3. The SMILES string of the molecule is CCc1cccc(CC)c1NC(=O)CN(Cc1ccc(OC)c(OC)c1)C(C)=O. The van der Waals surface area contributed by atoms with Crippen LogP contribution in [0.2, 0.25) is 0 Å². The number of carbonyl (C=O) groups is 2. The number of nitrogens with one attached hydrogen (secondary N) is 1. The van der Waals surface area contributed by atoms with Crippen molar-refractivity contribution in [2.45, 2.75) is 40.2 Å². The summed E-state index contributed by atoms with van der Waals surface area (Å²) >= 11 is 0. The van der Waals surface area contributed by atoms with E-state index in [0.29, 0.717) is 18.0 Å². The van der Waals surface area contributed by atoms with Crippen LogP contribution in [-0.2, 0) is 29.0 Å². The van der Waals surface area contributed by atoms with Gasteiger partial charge in [0.2, 0.25) is 11.8 Å². The molecule has 0 atom stereocenters. The third kappa shape index (κ3) is 5.73. The first-order valence-corrected chi connectivity index (χ1v) is 9.80. The molecule has 0 fully saturated rings. The molecule has 1 N–H and O–H groups in total. The average molecular weight is 399 g/mol. The lowest BCUT2D eigenvalue weighted by atomic mass is 10.0. The van der Waals surface area contributed by atoms with E-state index >= 15 is 0 Å². The van der Waals surface area contributed by atoms with Gasteiger partial charge < -0.3 is 19.7 Å². The van der Waals surface area contributed by atoms with Crippen LogP contribution in [-0.4, -0.2) is 37.5 Å². The van der Waals surface area contributed by atoms with Crippen LogP contribution in [0.15, 0.2) is 36.4 Å². The van der Waals surface area contributed by atoms with Crippen molar-refractivity contribution in [3.63, 3.8) is 0 Å². The van der Waals surface area contributed by atoms with E-state index < -0.39 is 0 Å². The van der Waals surface area contributed by atoms with Crippen LogP contribution in [0.5, 0.6) is 11.5 Å². The van der Waals surface area contributed by atoms with Gasteiger partial charge in [0.25, 0.3) is 0 Å². The molecule has 0 unspecified atom stereocenters. The Morgan fingerprint density at radius 2 is 1.59 bits per heavy atom. The number of anilines is 1. The molecule has 2 aromatic rings. The lowest BCUT2D eigenvalue weighted by molar-refractivity contribution is -0.133. The van der Waals surface area contributed by atoms with Crippen molar-refractivity contribution in [3.05, 3.63) is 53.1 Å². The van der Waals surface area contributed by atoms with Crippen molar-refractivity contribution in [1.82, 2.24) is 4.90 Å². The fourth-order valence-electron chi connectivity index (χ4n) is 3.23. The van der Waals surface area contributed by atoms with Crippen molar-refractivity contribution in [2.24, 2.45) is 0 Å². The Labute approximate surface area is 172 Å². The van der Waals surface area contributed by atoms with Gasteiger partial charge in [-0.3, -0.25) is 9.59 Å². The summed E-state index contributed by atoms with van der Waals surface area (Å²) in [6.45, 7) is 5.86. The zero-order valence-corrected chi connectivity index (χ0v) is 17.9. The van der Waals surface area contributed by atoms with Gasteiger partial charge >= 0.3 is 0 Å². The van der Waals surface area contributed by atoms with Gasteiger partial charge in [-0.05, 0) is 41.7 Å². The fourth-order valence-corrected chi connectivity index (χ4v) is 3.23. The van der Waals surface area contributed by atoms with Gasteiger partial charge in [0.15, 0.2) is 11.5 Å². The molecule has 6 heteroatoms. The highest BCUT2D eigenvalue weighted by atomic mass is 16.5. The number of aryl methyl sites for hydroxylation is 2. The zero-order chi connectivity index (χ0) is 21.4. The summed E-state index contributed by atoms with van der Waals surface area (Å²) in [6, 6.07) is 11.5. The Morgan fingerprint density at radius 3 is 2.10 bits per heavy atom. The number of ether oxygens (including phenoxy) is 2. The maximum Gasteiger partial charge on any atom is 0.244 e. The summed E-state index contributed by atoms with van der Waals surface area (Å²) in [5, 5.41) is 3.02. The van der Waals surface area contributed by atoms with Crippen molar-refractivity contribution in [3.8, 4) is 11.5 Å². The highest BCUT2D eigenvalue weighted by Gasteiger charge is 2.17. The first-order valence-electron chi connectivity index (χ1n) is 9.80. The van der Waals surface area contributed by atoms with Crippen LogP contribution in [0.1, 0.15) is 37.5 Å². The Bertz CT molecular complexity index is 842. The molecule has 156 valence electrons. The van der Waals surface area contributed by atoms with Crippen LogP contribution in [0, 0.1) is 0 Å². The number of para-hydroxylation sites is 1. The first-order chi connectivity index (χ1) is 13.9. The number of nitrogens with zero attached hydrogens (tertiary/aromatic N) is 1. The van der Waals surface area contributed by atoms with Gasteiger partial charge in [-0.1, -0.05) is 38.1 Å². The summed E-state index contributed by atoms with van der Waals surface area (Å²) in [5.41, 5.74) is 3.89. The van der Waals surface area contributed by atoms with E-state index in [1.54, 1.807) is 20.3 Å². The zero-order valence-electron chi connectivity index (χ0n) is 17.9. The van der Waals surface area contributed by atoms with Crippen molar-refractivity contribution < 1.29 is 19.1 Å². The Morgan fingerprint density at radius 1 is 0.966 bits per heavy atom. The van der Waals surface area contributed by atoms with E-state index in [1.165, 1.54) is 11.8 Å². The molecule has 0 aromatic heterocycles. The normalized spacial score (nSPS) is 10.4. The standard InChI is InChI=1S/C23H30N2O4/c1-6-18-9-8-10-19(7-2)23(18)24-22(27)15-25(16(3)26)14-17-11-12-20(28-4)21(13-17)29-5/h8-13H,6-7,14-15H2,1-5H3,(H,24,27). The number of amides is 2. The summed E-state index contributed by atoms with van der Waals surface area (Å²) < 4.78 is 10.6. The smallest absolute Gasteiger partial charge is 0.244 e. The number of hydrogen-bond donors (Lipinski definition) is 1. The van der Waals surface area contributed by atoms with E-state index in [4.69, 9.17) is 9.47 Å². The molecule has 2 amide bonds. The second-order valence-corrected chi connectivity index (χ2v) is 6.77. The van der Waals surface area contributed by atoms with Crippen LogP contribution in [0.25, 0.3) is 0 Å². The minimum absolute atomic E-state index is 0.0229. The predicted molar refractivity (Wildman–Crippen MR) is 114 cm³/mol. The average Bonchev–Trinajstić information content (AvgIpc) is 2.73. The van der Waals surface area contributed by atoms with E-state index in [0.717, 1.165) is 35.2 Å². The molecule has 6 nitrogen and oxygen atoms in total. The molecule has 0 spiro atoms. The van der Waals surface area contributed by atoms with E-state index in [1.807, 2.05) is 30.3 Å². The lowest BCUT2D eigenvalue weighted by Gasteiger charge is -2.22. The molecule has 2 rings (SSSR count). The van der Waals surface area contributed by atoms with Gasteiger partial charge in [0, 0.05) is 19.2 Å². The maximum atomic E-state index is 12.7. The third-order valence-corrected chi connectivity index (χ3v) is 4.86. The Balaban J connectivity index is 2.15. The van der Waals surface area contributed by atoms with Crippen molar-refractivity contribution in [2.75, 3.05) is 26.1 Å². The molecule has 0 saturated heterocycles. The van der Waals surface area contributed by atoms with Crippen molar-refractivity contribution >= 4 is 17.5 Å². The van der Waals surface area contributed by atoms with E-state index in [-0.39, 0.29) is 18.4 Å². The molecule has 29 heavy (non-hydrogen) atoms. The number of rotatable bonds is 9. The Hall–Kier alpha value is -3.02. The largest absolute Gasteiger partial charge is 0.493 e. The molecule has 0 bridgehead atoms. The van der Waals surface area contributed by atoms with Crippen LogP contribution >= 0.6 is 0 Å². The van der Waals surface area contributed by atoms with Crippen molar-refractivity contribution in [1.29, 1.82) is 0 Å². The van der Waals surface area contributed by atoms with Crippen LogP contribution < -0.4 is 14.8 Å². The van der Waals surface area contributed by atoms with Gasteiger partial charge in [0.05, 0.1) is 14.2 Å². The summed E-state index contributed by atoms with van der Waals surface area (Å²) in [7, 11) is 3.14. The highest BCUT2D eigenvalue weighted by Crippen LogP contribution is 2.28. The van der Waals surface area contributed by atoms with Gasteiger partial charge in [-0.15, -0.1) is 0 Å². The van der Waals surface area contributed by atoms with Crippen LogP contribution in [0.4, 0.5) is 5.69 Å². The predicted octanol–water partition coefficient (Wildman–Crippen LogP) is 3.82. The molecular formula is C23H30N2O4. The number of hydrogen-bond acceptors (Lipinski definition) is 4. The maximum absolute atomic E-state index is 12.7. The molecular weight excluding hydrogens is 368 g/mol. The molecule has 0 aliphatic heterocycles. The molecule has 0 aliphatic rings. The quantitative estimate of drug-likeness (QED) is 0.697. The van der Waals surface area contributed by atoms with Gasteiger partial charge in [-0.2, -0.15) is 0 Å². The van der Waals surface area contributed by atoms with Gasteiger partial charge in [-0.25, -0.2) is 0 Å². The number of methoxy groups -OCH3 is 2. The molecule has 0 saturated carbocycles. The lowest BCUT2D eigenvalue weighted by Crippen LogP contribution is -2.36. The summed E-state index contributed by atoms with van der Waals surface area (Å²) in [5.74, 6) is 0.819. The molecule has 0 aliphatic carbocycles. The molecule has 0 radical (unpaired) electrons.